The van der Waals surface area contributed by atoms with Gasteiger partial charge in [-0.1, -0.05) is 29.8 Å². The van der Waals surface area contributed by atoms with E-state index in [0.29, 0.717) is 11.4 Å². The van der Waals surface area contributed by atoms with E-state index < -0.39 is 23.3 Å². The molecule has 1 atom stereocenters. The minimum atomic E-state index is -1.19. The van der Waals surface area contributed by atoms with Crippen LogP contribution in [0.1, 0.15) is 12.5 Å². The lowest BCUT2D eigenvalue weighted by Crippen LogP contribution is -2.43. The molecule has 7 nitrogen and oxygen atoms in total. The Hall–Kier alpha value is -3.10. The van der Waals surface area contributed by atoms with Crippen molar-refractivity contribution in [3.8, 4) is 16.9 Å². The molecule has 3 aromatic rings. The summed E-state index contributed by atoms with van der Waals surface area (Å²) in [6.07, 6.45) is 0.774. The molecule has 0 aliphatic rings. The number of aromatic nitrogens is 2. The van der Waals surface area contributed by atoms with Crippen LogP contribution in [0.2, 0.25) is 0 Å². The van der Waals surface area contributed by atoms with Crippen LogP contribution >= 0.6 is 11.8 Å². The molecular formula is C23H24N2O5S. The lowest BCUT2D eigenvalue weighted by molar-refractivity contribution is -0.144. The maximum Gasteiger partial charge on any atom is 0.336 e. The van der Waals surface area contributed by atoms with Gasteiger partial charge in [0, 0.05) is 17.9 Å². The molecule has 2 aromatic carbocycles. The van der Waals surface area contributed by atoms with Gasteiger partial charge in [0.15, 0.2) is 0 Å². The highest BCUT2D eigenvalue weighted by molar-refractivity contribution is 7.98. The maximum atomic E-state index is 13.4. The third-order valence-corrected chi connectivity index (χ3v) is 5.48. The third-order valence-electron chi connectivity index (χ3n) is 4.74. The van der Waals surface area contributed by atoms with Crippen molar-refractivity contribution in [2.24, 2.45) is 0 Å². The van der Waals surface area contributed by atoms with Crippen molar-refractivity contribution >= 4 is 17.7 Å². The molecule has 1 aromatic heterocycles. The Balaban J connectivity index is 2.15. The van der Waals surface area contributed by atoms with Gasteiger partial charge in [0.05, 0.1) is 17.9 Å². The van der Waals surface area contributed by atoms with Crippen molar-refractivity contribution in [1.29, 1.82) is 0 Å². The van der Waals surface area contributed by atoms with Gasteiger partial charge in [-0.3, -0.25) is 18.7 Å². The Labute approximate surface area is 183 Å². The molecule has 162 valence electrons. The van der Waals surface area contributed by atoms with Crippen LogP contribution in [0.25, 0.3) is 16.9 Å². The lowest BCUT2D eigenvalue weighted by atomic mass is 10.1. The van der Waals surface area contributed by atoms with E-state index in [1.54, 1.807) is 11.8 Å². The number of carbonyl (C=O) groups is 1. The number of nitrogens with zero attached hydrogens (tertiary/aromatic N) is 2. The van der Waals surface area contributed by atoms with Gasteiger partial charge in [0.2, 0.25) is 0 Å². The summed E-state index contributed by atoms with van der Waals surface area (Å²) >= 11 is 1.58. The summed E-state index contributed by atoms with van der Waals surface area (Å²) in [5.74, 6) is -0.549. The minimum absolute atomic E-state index is 0.290. The smallest absolute Gasteiger partial charge is 0.336 e. The zero-order chi connectivity index (χ0) is 22.5. The number of aliphatic hydroxyl groups is 1. The van der Waals surface area contributed by atoms with Crippen LogP contribution in [0, 0.1) is 6.92 Å². The maximum absolute atomic E-state index is 13.4. The molecule has 0 saturated carbocycles. The molecule has 1 N–H and O–H groups in total. The topological polar surface area (TPSA) is 90.5 Å². The van der Waals surface area contributed by atoms with Crippen LogP contribution in [-0.2, 0) is 16.1 Å². The van der Waals surface area contributed by atoms with E-state index >= 15 is 0 Å². The van der Waals surface area contributed by atoms with E-state index in [0.717, 1.165) is 20.6 Å². The van der Waals surface area contributed by atoms with E-state index in [-0.39, 0.29) is 13.2 Å². The highest BCUT2D eigenvalue weighted by Gasteiger charge is 2.17. The number of hydrogen-bond donors (Lipinski definition) is 1. The molecule has 0 bridgehead atoms. The standard InChI is InChI=1S/C23H24N2O5S/c1-15-4-6-17(7-5-15)21-12-22(28)24(13-19(27)14-30-16(2)26)23(29)25(21)18-8-10-20(31-3)11-9-18/h4-12,19,27H,13-14H2,1-3H3. The molecular weight excluding hydrogens is 416 g/mol. The van der Waals surface area contributed by atoms with Crippen molar-refractivity contribution in [3.05, 3.63) is 81.0 Å². The van der Waals surface area contributed by atoms with E-state index in [4.69, 9.17) is 4.74 Å². The van der Waals surface area contributed by atoms with Crippen molar-refractivity contribution in [2.75, 3.05) is 12.9 Å². The fraction of sp³-hybridized carbons (Fsp3) is 0.261. The predicted octanol–water partition coefficient (Wildman–Crippen LogP) is 2.62. The Morgan fingerprint density at radius 3 is 2.32 bits per heavy atom. The Morgan fingerprint density at radius 2 is 1.74 bits per heavy atom. The predicted molar refractivity (Wildman–Crippen MR) is 121 cm³/mol. The molecule has 31 heavy (non-hydrogen) atoms. The van der Waals surface area contributed by atoms with E-state index in [1.807, 2.05) is 61.7 Å². The molecule has 0 fully saturated rings. The summed E-state index contributed by atoms with van der Waals surface area (Å²) in [7, 11) is 0. The molecule has 0 radical (unpaired) electrons. The SMILES string of the molecule is CSc1ccc(-n2c(-c3ccc(C)cc3)cc(=O)n(CC(O)COC(C)=O)c2=O)cc1. The van der Waals surface area contributed by atoms with Gasteiger partial charge in [-0.15, -0.1) is 11.8 Å². The van der Waals surface area contributed by atoms with Crippen molar-refractivity contribution in [2.45, 2.75) is 31.4 Å². The number of aryl methyl sites for hydroxylation is 1. The van der Waals surface area contributed by atoms with Crippen molar-refractivity contribution < 1.29 is 14.6 Å². The summed E-state index contributed by atoms with van der Waals surface area (Å²) in [5, 5.41) is 10.2. The van der Waals surface area contributed by atoms with E-state index in [9.17, 15) is 19.5 Å². The summed E-state index contributed by atoms with van der Waals surface area (Å²) in [6, 6.07) is 16.3. The van der Waals surface area contributed by atoms with Crippen LogP contribution in [0.15, 0.2) is 69.1 Å². The van der Waals surface area contributed by atoms with Gasteiger partial charge in [-0.05, 0) is 43.0 Å². The number of carbonyl (C=O) groups excluding carboxylic acids is 1. The fourth-order valence-electron chi connectivity index (χ4n) is 3.14. The minimum Gasteiger partial charge on any atom is -0.463 e. The van der Waals surface area contributed by atoms with E-state index in [1.165, 1.54) is 17.6 Å². The molecule has 0 spiro atoms. The number of hydrogen-bond acceptors (Lipinski definition) is 6. The lowest BCUT2D eigenvalue weighted by Gasteiger charge is -2.18. The molecule has 1 unspecified atom stereocenters. The monoisotopic (exact) mass is 440 g/mol. The number of esters is 1. The van der Waals surface area contributed by atoms with Crippen LogP contribution in [0.5, 0.6) is 0 Å². The molecule has 0 saturated heterocycles. The summed E-state index contributed by atoms with van der Waals surface area (Å²) in [4.78, 5) is 38.2. The van der Waals surface area contributed by atoms with Gasteiger partial charge in [-0.2, -0.15) is 0 Å². The van der Waals surface area contributed by atoms with Crippen LogP contribution in [0.3, 0.4) is 0 Å². The Bertz CT molecular complexity index is 1180. The summed E-state index contributed by atoms with van der Waals surface area (Å²) < 4.78 is 7.19. The number of ether oxygens (including phenoxy) is 1. The molecule has 0 aliphatic carbocycles. The first-order valence-electron chi connectivity index (χ1n) is 9.70. The summed E-state index contributed by atoms with van der Waals surface area (Å²) in [6.45, 7) is 2.59. The van der Waals surface area contributed by atoms with Crippen LogP contribution < -0.4 is 11.2 Å². The van der Waals surface area contributed by atoms with Crippen LogP contribution in [0.4, 0.5) is 0 Å². The van der Waals surface area contributed by atoms with Gasteiger partial charge in [0.25, 0.3) is 5.56 Å². The molecule has 0 aliphatic heterocycles. The molecule has 8 heteroatoms. The Kier molecular flexibility index (Phi) is 7.14. The first kappa shape index (κ1) is 22.6. The molecule has 0 amide bonds. The normalized spacial score (nSPS) is 11.9. The Morgan fingerprint density at radius 1 is 1.10 bits per heavy atom. The fourth-order valence-corrected chi connectivity index (χ4v) is 3.55. The largest absolute Gasteiger partial charge is 0.463 e. The third kappa shape index (κ3) is 5.34. The number of aliphatic hydroxyl groups excluding tert-OH is 1. The second-order valence-corrected chi connectivity index (χ2v) is 8.00. The highest BCUT2D eigenvalue weighted by Crippen LogP contribution is 2.22. The van der Waals surface area contributed by atoms with Crippen molar-refractivity contribution in [1.82, 2.24) is 9.13 Å². The van der Waals surface area contributed by atoms with Crippen molar-refractivity contribution in [3.63, 3.8) is 0 Å². The highest BCUT2D eigenvalue weighted by atomic mass is 32.2. The quantitative estimate of drug-likeness (QED) is 0.449. The number of rotatable bonds is 7. The second-order valence-electron chi connectivity index (χ2n) is 7.12. The average Bonchev–Trinajstić information content (AvgIpc) is 2.75. The molecule has 1 heterocycles. The summed E-state index contributed by atoms with van der Waals surface area (Å²) in [5.41, 5.74) is 1.71. The van der Waals surface area contributed by atoms with Crippen LogP contribution in [-0.4, -0.2) is 39.2 Å². The molecule has 3 rings (SSSR count). The first-order chi connectivity index (χ1) is 14.8. The number of benzene rings is 2. The van der Waals surface area contributed by atoms with Gasteiger partial charge < -0.3 is 9.84 Å². The first-order valence-corrected chi connectivity index (χ1v) is 10.9. The zero-order valence-electron chi connectivity index (χ0n) is 17.6. The number of thioether (sulfide) groups is 1. The second kappa shape index (κ2) is 9.80. The van der Waals surface area contributed by atoms with Gasteiger partial charge in [0.1, 0.15) is 12.7 Å². The zero-order valence-corrected chi connectivity index (χ0v) is 18.4. The van der Waals surface area contributed by atoms with E-state index in [2.05, 4.69) is 0 Å². The van der Waals surface area contributed by atoms with Gasteiger partial charge in [-0.25, -0.2) is 4.79 Å². The average molecular weight is 441 g/mol. The van der Waals surface area contributed by atoms with Gasteiger partial charge >= 0.3 is 11.7 Å².